The number of nitrogens with zero attached hydrogens (tertiary/aromatic N) is 2. The summed E-state index contributed by atoms with van der Waals surface area (Å²) in [5, 5.41) is 3.44. The summed E-state index contributed by atoms with van der Waals surface area (Å²) in [6.45, 7) is 4.96. The predicted octanol–water partition coefficient (Wildman–Crippen LogP) is 9.30. The Morgan fingerprint density at radius 2 is 1.57 bits per heavy atom. The number of nitrogens with one attached hydrogen (secondary N) is 1. The minimum atomic E-state index is 0.245. The Bertz CT molecular complexity index is 1640. The fraction of sp³-hybridized carbons (Fsp3) is 0.179. The van der Waals surface area contributed by atoms with Gasteiger partial charge in [0.2, 0.25) is 0 Å². The van der Waals surface area contributed by atoms with Crippen LogP contribution in [-0.4, -0.2) is 16.5 Å². The van der Waals surface area contributed by atoms with Gasteiger partial charge in [0.1, 0.15) is 6.33 Å². The van der Waals surface area contributed by atoms with Crippen LogP contribution in [0.4, 0.5) is 0 Å². The summed E-state index contributed by atoms with van der Waals surface area (Å²) in [4.78, 5) is 9.06. The Morgan fingerprint density at radius 1 is 0.810 bits per heavy atom. The fourth-order valence-corrected chi connectivity index (χ4v) is 5.87. The number of allylic oxidation sites excluding steroid dienone is 12. The van der Waals surface area contributed by atoms with E-state index in [2.05, 4.69) is 137 Å². The van der Waals surface area contributed by atoms with Gasteiger partial charge in [0.15, 0.2) is 0 Å². The second kappa shape index (κ2) is 13.3. The molecule has 0 fully saturated rings. The zero-order valence-electron chi connectivity index (χ0n) is 24.0. The molecule has 0 saturated carbocycles. The van der Waals surface area contributed by atoms with Gasteiger partial charge in [0.25, 0.3) is 0 Å². The van der Waals surface area contributed by atoms with Crippen molar-refractivity contribution < 1.29 is 0 Å². The van der Waals surface area contributed by atoms with Gasteiger partial charge in [-0.15, -0.1) is 6.58 Å². The highest BCUT2D eigenvalue weighted by molar-refractivity contribution is 5.78. The molecule has 42 heavy (non-hydrogen) atoms. The first-order valence-electron chi connectivity index (χ1n) is 15.0. The summed E-state index contributed by atoms with van der Waals surface area (Å²) in [6, 6.07) is 21.6. The van der Waals surface area contributed by atoms with Crippen LogP contribution in [0.5, 0.6) is 0 Å². The highest BCUT2D eigenvalue weighted by atomic mass is 14.8. The molecule has 3 nitrogen and oxygen atoms in total. The van der Waals surface area contributed by atoms with Crippen molar-refractivity contribution in [3.05, 3.63) is 162 Å². The van der Waals surface area contributed by atoms with E-state index in [1.807, 2.05) is 6.08 Å². The van der Waals surface area contributed by atoms with Gasteiger partial charge >= 0.3 is 0 Å². The molecule has 0 saturated heterocycles. The number of dihydropyridines is 1. The Hall–Kier alpha value is -4.76. The van der Waals surface area contributed by atoms with Crippen LogP contribution in [0.1, 0.15) is 48.9 Å². The minimum Gasteiger partial charge on any atom is -0.386 e. The maximum Gasteiger partial charge on any atom is 0.116 e. The number of aromatic nitrogens is 2. The molecule has 6 rings (SSSR count). The monoisotopic (exact) mass is 547 g/mol. The third-order valence-corrected chi connectivity index (χ3v) is 8.18. The van der Waals surface area contributed by atoms with Gasteiger partial charge in [-0.2, -0.15) is 0 Å². The second-order valence-electron chi connectivity index (χ2n) is 10.9. The molecule has 208 valence electrons. The standard InChI is InChI=1S/C39H37N3/c1-2-29(19-20-31-14-6-8-17-36(31)30-12-4-3-5-13-30)11-10-16-35-25-39(42-28-41-35)33-23-21-32(22-24-33)38-27-40-26-34-15-7-9-18-37(34)38/h2-7,10,12-16,19-26,28-29,40H,1,8-9,11,17-18,27H2/b16-10+,20-19+. The van der Waals surface area contributed by atoms with E-state index in [4.69, 9.17) is 0 Å². The number of fused-ring (bicyclic) bond motifs is 1. The van der Waals surface area contributed by atoms with E-state index in [1.54, 1.807) is 6.33 Å². The van der Waals surface area contributed by atoms with Crippen LogP contribution >= 0.6 is 0 Å². The van der Waals surface area contributed by atoms with Gasteiger partial charge in [-0.05, 0) is 89.2 Å². The molecule has 2 aromatic carbocycles. The smallest absolute Gasteiger partial charge is 0.116 e. The lowest BCUT2D eigenvalue weighted by molar-refractivity contribution is 0.836. The van der Waals surface area contributed by atoms with Gasteiger partial charge in [-0.1, -0.05) is 103 Å². The molecule has 2 heterocycles. The Morgan fingerprint density at radius 3 is 2.40 bits per heavy atom. The molecular formula is C39H37N3. The quantitative estimate of drug-likeness (QED) is 0.271. The van der Waals surface area contributed by atoms with Crippen molar-refractivity contribution in [3.63, 3.8) is 0 Å². The maximum atomic E-state index is 4.56. The van der Waals surface area contributed by atoms with E-state index in [1.165, 1.54) is 39.0 Å². The van der Waals surface area contributed by atoms with Gasteiger partial charge < -0.3 is 5.32 Å². The van der Waals surface area contributed by atoms with Gasteiger partial charge in [0.05, 0.1) is 11.4 Å². The van der Waals surface area contributed by atoms with Crippen molar-refractivity contribution in [2.75, 3.05) is 6.54 Å². The summed E-state index contributed by atoms with van der Waals surface area (Å²) >= 11 is 0. The Kier molecular flexibility index (Phi) is 8.66. The van der Waals surface area contributed by atoms with Crippen LogP contribution < -0.4 is 5.32 Å². The molecule has 3 aromatic rings. The van der Waals surface area contributed by atoms with E-state index in [0.29, 0.717) is 0 Å². The fourth-order valence-electron chi connectivity index (χ4n) is 5.87. The van der Waals surface area contributed by atoms with Gasteiger partial charge in [-0.25, -0.2) is 9.97 Å². The average Bonchev–Trinajstić information content (AvgIpc) is 3.07. The molecule has 0 bridgehead atoms. The summed E-state index contributed by atoms with van der Waals surface area (Å²) in [5.41, 5.74) is 12.4. The maximum absolute atomic E-state index is 4.56. The first-order valence-corrected chi connectivity index (χ1v) is 15.0. The largest absolute Gasteiger partial charge is 0.386 e. The summed E-state index contributed by atoms with van der Waals surface area (Å²) in [5.74, 6) is 0.245. The molecule has 0 amide bonds. The van der Waals surface area contributed by atoms with Crippen molar-refractivity contribution >= 4 is 17.2 Å². The van der Waals surface area contributed by atoms with Crippen LogP contribution in [0.3, 0.4) is 0 Å². The molecule has 0 spiro atoms. The Labute approximate surface area is 249 Å². The lowest BCUT2D eigenvalue weighted by atomic mass is 9.86. The van der Waals surface area contributed by atoms with Crippen LogP contribution in [-0.2, 0) is 0 Å². The molecule has 1 atom stereocenters. The highest BCUT2D eigenvalue weighted by Crippen LogP contribution is 2.34. The molecule has 3 aliphatic rings. The molecule has 3 heteroatoms. The molecule has 0 radical (unpaired) electrons. The molecule has 1 aromatic heterocycles. The normalized spacial score (nSPS) is 17.4. The summed E-state index contributed by atoms with van der Waals surface area (Å²) in [6.07, 6.45) is 28.8. The van der Waals surface area contributed by atoms with Crippen LogP contribution in [0.25, 0.3) is 28.5 Å². The van der Waals surface area contributed by atoms with Crippen LogP contribution in [0.15, 0.2) is 145 Å². The van der Waals surface area contributed by atoms with Crippen molar-refractivity contribution in [2.24, 2.45) is 5.92 Å². The third-order valence-electron chi connectivity index (χ3n) is 8.18. The first-order chi connectivity index (χ1) is 20.8. The molecule has 1 N–H and O–H groups in total. The lowest BCUT2D eigenvalue weighted by Gasteiger charge is -2.24. The zero-order chi connectivity index (χ0) is 28.6. The lowest BCUT2D eigenvalue weighted by Crippen LogP contribution is -2.18. The van der Waals surface area contributed by atoms with E-state index >= 15 is 0 Å². The second-order valence-corrected chi connectivity index (χ2v) is 10.9. The summed E-state index contributed by atoms with van der Waals surface area (Å²) < 4.78 is 0. The minimum absolute atomic E-state index is 0.245. The van der Waals surface area contributed by atoms with Crippen LogP contribution in [0.2, 0.25) is 0 Å². The SMILES string of the molecule is C=CC(/C=C/C1=C(c2ccccc2)CCC=C1)C/C=C/c1cc(-c2ccc(C3=C4CCC=CC4=CNC3)cc2)ncn1. The van der Waals surface area contributed by atoms with E-state index in [0.717, 1.165) is 55.6 Å². The number of hydrogen-bond donors (Lipinski definition) is 1. The van der Waals surface area contributed by atoms with E-state index in [-0.39, 0.29) is 5.92 Å². The van der Waals surface area contributed by atoms with Crippen molar-refractivity contribution in [1.82, 2.24) is 15.3 Å². The van der Waals surface area contributed by atoms with Gasteiger partial charge in [0, 0.05) is 18.3 Å². The summed E-state index contributed by atoms with van der Waals surface area (Å²) in [7, 11) is 0. The average molecular weight is 548 g/mol. The van der Waals surface area contributed by atoms with E-state index in [9.17, 15) is 0 Å². The molecule has 1 aliphatic heterocycles. The third kappa shape index (κ3) is 6.42. The number of hydrogen-bond acceptors (Lipinski definition) is 3. The Balaban J connectivity index is 1.13. The highest BCUT2D eigenvalue weighted by Gasteiger charge is 2.17. The molecular weight excluding hydrogens is 510 g/mol. The van der Waals surface area contributed by atoms with Gasteiger partial charge in [-0.3, -0.25) is 0 Å². The number of benzene rings is 2. The van der Waals surface area contributed by atoms with Crippen molar-refractivity contribution in [3.8, 4) is 11.3 Å². The molecule has 1 unspecified atom stereocenters. The topological polar surface area (TPSA) is 37.8 Å². The zero-order valence-corrected chi connectivity index (χ0v) is 24.0. The van der Waals surface area contributed by atoms with E-state index < -0.39 is 0 Å². The van der Waals surface area contributed by atoms with Crippen LogP contribution in [0, 0.1) is 5.92 Å². The van der Waals surface area contributed by atoms with Crippen molar-refractivity contribution in [1.29, 1.82) is 0 Å². The first kappa shape index (κ1) is 27.4. The molecule has 2 aliphatic carbocycles. The predicted molar refractivity (Wildman–Crippen MR) is 177 cm³/mol. The van der Waals surface area contributed by atoms with Crippen molar-refractivity contribution in [2.45, 2.75) is 32.1 Å². The number of rotatable bonds is 9.